The number of halogens is 1. The van der Waals surface area contributed by atoms with Gasteiger partial charge in [0.25, 0.3) is 15.9 Å². The van der Waals surface area contributed by atoms with Crippen molar-refractivity contribution in [1.29, 1.82) is 0 Å². The smallest absolute Gasteiger partial charge is 0.267 e. The maximum absolute atomic E-state index is 12.8. The topological polar surface area (TPSA) is 71.4 Å². The molecule has 0 saturated carbocycles. The molecule has 2 fully saturated rings. The SMILES string of the molecule is Cc1ccc(S(=O)(=O)n2ccc(C(=O)N3CCC4(CCNC4)CC3)c2)cc1.Cl. The van der Waals surface area contributed by atoms with E-state index in [4.69, 9.17) is 0 Å². The molecule has 0 radical (unpaired) electrons. The van der Waals surface area contributed by atoms with Crippen molar-refractivity contribution >= 4 is 28.3 Å². The van der Waals surface area contributed by atoms with Crippen molar-refractivity contribution in [2.24, 2.45) is 5.41 Å². The molecule has 2 saturated heterocycles. The fraction of sp³-hybridized carbons (Fsp3) is 0.450. The molecule has 2 aliphatic rings. The molecule has 28 heavy (non-hydrogen) atoms. The molecule has 0 bridgehead atoms. The molecule has 1 aromatic heterocycles. The van der Waals surface area contributed by atoms with Crippen LogP contribution in [0.4, 0.5) is 0 Å². The summed E-state index contributed by atoms with van der Waals surface area (Å²) in [6.07, 6.45) is 6.08. The fourth-order valence-corrected chi connectivity index (χ4v) is 5.27. The van der Waals surface area contributed by atoms with Crippen molar-refractivity contribution in [3.63, 3.8) is 0 Å². The third kappa shape index (κ3) is 3.83. The number of carbonyl (C=O) groups excluding carboxylic acids is 1. The summed E-state index contributed by atoms with van der Waals surface area (Å²) in [5, 5.41) is 3.42. The van der Waals surface area contributed by atoms with Crippen LogP contribution in [0, 0.1) is 12.3 Å². The highest BCUT2D eigenvalue weighted by atomic mass is 35.5. The fourth-order valence-electron chi connectivity index (χ4n) is 4.07. The molecule has 0 unspecified atom stereocenters. The first-order valence-corrected chi connectivity index (χ1v) is 10.8. The second-order valence-corrected chi connectivity index (χ2v) is 9.61. The van der Waals surface area contributed by atoms with Gasteiger partial charge in [-0.3, -0.25) is 4.79 Å². The van der Waals surface area contributed by atoms with Gasteiger partial charge in [0, 0.05) is 32.0 Å². The van der Waals surface area contributed by atoms with E-state index in [0.29, 0.717) is 11.0 Å². The molecular formula is C20H26ClN3O3S. The lowest BCUT2D eigenvalue weighted by Gasteiger charge is -2.38. The minimum atomic E-state index is -3.68. The molecule has 0 aliphatic carbocycles. The number of rotatable bonds is 3. The Labute approximate surface area is 172 Å². The van der Waals surface area contributed by atoms with Crippen molar-refractivity contribution in [3.05, 3.63) is 53.9 Å². The number of carbonyl (C=O) groups is 1. The number of aromatic nitrogens is 1. The minimum Gasteiger partial charge on any atom is -0.339 e. The van der Waals surface area contributed by atoms with Gasteiger partial charge in [-0.25, -0.2) is 12.4 Å². The molecular weight excluding hydrogens is 398 g/mol. The molecule has 4 rings (SSSR count). The molecule has 1 aromatic carbocycles. The third-order valence-corrected chi connectivity index (χ3v) is 7.60. The highest BCUT2D eigenvalue weighted by molar-refractivity contribution is 7.90. The van der Waals surface area contributed by atoms with Gasteiger partial charge < -0.3 is 10.2 Å². The van der Waals surface area contributed by atoms with Crippen LogP contribution in [0.5, 0.6) is 0 Å². The lowest BCUT2D eigenvalue weighted by Crippen LogP contribution is -2.43. The first-order chi connectivity index (χ1) is 12.9. The van der Waals surface area contributed by atoms with Crippen molar-refractivity contribution in [2.45, 2.75) is 31.1 Å². The molecule has 1 spiro atoms. The van der Waals surface area contributed by atoms with Gasteiger partial charge in [-0.1, -0.05) is 17.7 Å². The summed E-state index contributed by atoms with van der Waals surface area (Å²) in [6, 6.07) is 8.31. The van der Waals surface area contributed by atoms with Crippen molar-refractivity contribution in [2.75, 3.05) is 26.2 Å². The van der Waals surface area contributed by atoms with Crippen molar-refractivity contribution in [1.82, 2.24) is 14.2 Å². The zero-order valence-electron chi connectivity index (χ0n) is 15.9. The van der Waals surface area contributed by atoms with E-state index in [2.05, 4.69) is 5.32 Å². The second kappa shape index (κ2) is 7.89. The second-order valence-electron chi connectivity index (χ2n) is 7.77. The summed E-state index contributed by atoms with van der Waals surface area (Å²) in [6.45, 7) is 5.48. The summed E-state index contributed by atoms with van der Waals surface area (Å²) in [7, 11) is -3.68. The molecule has 3 heterocycles. The highest BCUT2D eigenvalue weighted by Crippen LogP contribution is 2.37. The van der Waals surface area contributed by atoms with Gasteiger partial charge in [-0.2, -0.15) is 0 Å². The number of aryl methyl sites for hydroxylation is 1. The average Bonchev–Trinajstić information content (AvgIpc) is 3.33. The van der Waals surface area contributed by atoms with Crippen LogP contribution in [0.25, 0.3) is 0 Å². The van der Waals surface area contributed by atoms with E-state index >= 15 is 0 Å². The predicted molar refractivity (Wildman–Crippen MR) is 111 cm³/mol. The van der Waals surface area contributed by atoms with E-state index in [-0.39, 0.29) is 23.2 Å². The molecule has 8 heteroatoms. The van der Waals surface area contributed by atoms with Crippen LogP contribution >= 0.6 is 12.4 Å². The maximum Gasteiger partial charge on any atom is 0.267 e. The van der Waals surface area contributed by atoms with Gasteiger partial charge in [-0.15, -0.1) is 12.4 Å². The van der Waals surface area contributed by atoms with E-state index in [1.165, 1.54) is 18.8 Å². The van der Waals surface area contributed by atoms with Crippen LogP contribution in [-0.2, 0) is 10.0 Å². The summed E-state index contributed by atoms with van der Waals surface area (Å²) in [5.74, 6) is -0.0892. The van der Waals surface area contributed by atoms with E-state index in [0.717, 1.165) is 48.6 Å². The number of nitrogens with zero attached hydrogens (tertiary/aromatic N) is 2. The Morgan fingerprint density at radius 3 is 2.36 bits per heavy atom. The Hall–Kier alpha value is -1.83. The quantitative estimate of drug-likeness (QED) is 0.823. The maximum atomic E-state index is 12.8. The average molecular weight is 424 g/mol. The van der Waals surface area contributed by atoms with Crippen LogP contribution in [0.3, 0.4) is 0 Å². The van der Waals surface area contributed by atoms with E-state index in [1.807, 2.05) is 11.8 Å². The van der Waals surface area contributed by atoms with Crippen LogP contribution in [-0.4, -0.2) is 49.4 Å². The number of amides is 1. The lowest BCUT2D eigenvalue weighted by molar-refractivity contribution is 0.0608. The Bertz CT molecular complexity index is 937. The summed E-state index contributed by atoms with van der Waals surface area (Å²) < 4.78 is 26.7. The third-order valence-electron chi connectivity index (χ3n) is 5.95. The van der Waals surface area contributed by atoms with Crippen LogP contribution in [0.2, 0.25) is 0 Å². The van der Waals surface area contributed by atoms with E-state index in [1.54, 1.807) is 30.3 Å². The van der Waals surface area contributed by atoms with Gasteiger partial charge in [0.1, 0.15) is 0 Å². The van der Waals surface area contributed by atoms with Crippen LogP contribution < -0.4 is 5.32 Å². The van der Waals surface area contributed by atoms with Gasteiger partial charge in [0.2, 0.25) is 0 Å². The summed E-state index contributed by atoms with van der Waals surface area (Å²) in [4.78, 5) is 14.9. The summed E-state index contributed by atoms with van der Waals surface area (Å²) >= 11 is 0. The van der Waals surface area contributed by atoms with E-state index < -0.39 is 10.0 Å². The largest absolute Gasteiger partial charge is 0.339 e. The standard InChI is InChI=1S/C20H25N3O3S.ClH/c1-16-2-4-18(5-3-16)27(25,26)23-11-6-17(14-23)19(24)22-12-8-20(9-13-22)7-10-21-15-20;/h2-6,11,14,21H,7-10,12-13,15H2,1H3;1H. The molecule has 2 aliphatic heterocycles. The van der Waals surface area contributed by atoms with Crippen LogP contribution in [0.1, 0.15) is 35.2 Å². The van der Waals surface area contributed by atoms with Crippen molar-refractivity contribution in [3.8, 4) is 0 Å². The molecule has 2 aromatic rings. The number of likely N-dealkylation sites (tertiary alicyclic amines) is 1. The predicted octanol–water partition coefficient (Wildman–Crippen LogP) is 2.67. The van der Waals surface area contributed by atoms with Gasteiger partial charge in [-0.05, 0) is 56.3 Å². The number of piperidine rings is 1. The van der Waals surface area contributed by atoms with Gasteiger partial charge in [0.05, 0.1) is 10.5 Å². The molecule has 152 valence electrons. The number of nitrogens with one attached hydrogen (secondary N) is 1. The van der Waals surface area contributed by atoms with Gasteiger partial charge >= 0.3 is 0 Å². The number of hydrogen-bond acceptors (Lipinski definition) is 4. The van der Waals surface area contributed by atoms with Crippen molar-refractivity contribution < 1.29 is 13.2 Å². The van der Waals surface area contributed by atoms with E-state index in [9.17, 15) is 13.2 Å². The Kier molecular flexibility index (Phi) is 5.89. The highest BCUT2D eigenvalue weighted by Gasteiger charge is 2.38. The Morgan fingerprint density at radius 2 is 1.75 bits per heavy atom. The normalized spacial score (nSPS) is 18.8. The monoisotopic (exact) mass is 423 g/mol. The minimum absolute atomic E-state index is 0. The van der Waals surface area contributed by atoms with Gasteiger partial charge in [0.15, 0.2) is 0 Å². The lowest BCUT2D eigenvalue weighted by atomic mass is 9.78. The summed E-state index contributed by atoms with van der Waals surface area (Å²) in [5.41, 5.74) is 1.76. The van der Waals surface area contributed by atoms with Crippen LogP contribution in [0.15, 0.2) is 47.6 Å². The Balaban J connectivity index is 0.00000225. The zero-order valence-corrected chi connectivity index (χ0v) is 17.6. The number of benzene rings is 1. The molecule has 0 atom stereocenters. The Morgan fingerprint density at radius 1 is 1.07 bits per heavy atom. The first kappa shape index (κ1) is 20.9. The molecule has 6 nitrogen and oxygen atoms in total. The molecule has 1 N–H and O–H groups in total. The molecule has 1 amide bonds. The zero-order chi connectivity index (χ0) is 19.1. The first-order valence-electron chi connectivity index (χ1n) is 9.40. The number of hydrogen-bond donors (Lipinski definition) is 1.